The van der Waals surface area contributed by atoms with Crippen LogP contribution in [0.1, 0.15) is 12.7 Å². The molecule has 2 rings (SSSR count). The molecule has 0 bridgehead atoms. The lowest BCUT2D eigenvalue weighted by Crippen LogP contribution is -2.22. The highest BCUT2D eigenvalue weighted by Gasteiger charge is 2.15. The standard InChI is InChI=1S/C13H13ClN2O2S/c1-8-7-12(16-18-8)15-13(17)9(2)19-11-5-3-10(14)4-6-11/h3-7,9H,1-2H3,(H,15,16,17). The molecule has 0 aliphatic rings. The fraction of sp³-hybridized carbons (Fsp3) is 0.231. The Balaban J connectivity index is 1.94. The summed E-state index contributed by atoms with van der Waals surface area (Å²) in [5.41, 5.74) is 0. The lowest BCUT2D eigenvalue weighted by molar-refractivity contribution is -0.115. The van der Waals surface area contributed by atoms with Crippen molar-refractivity contribution in [3.63, 3.8) is 0 Å². The summed E-state index contributed by atoms with van der Waals surface area (Å²) in [5, 5.41) is 6.87. The topological polar surface area (TPSA) is 55.1 Å². The van der Waals surface area contributed by atoms with Crippen molar-refractivity contribution in [2.45, 2.75) is 24.0 Å². The van der Waals surface area contributed by atoms with Crippen LogP contribution in [0.5, 0.6) is 0 Å². The number of nitrogens with one attached hydrogen (secondary N) is 1. The highest BCUT2D eigenvalue weighted by atomic mass is 35.5. The number of carbonyl (C=O) groups is 1. The Kier molecular flexibility index (Phi) is 4.50. The van der Waals surface area contributed by atoms with Crippen LogP contribution in [0.4, 0.5) is 5.82 Å². The number of hydrogen-bond donors (Lipinski definition) is 1. The predicted molar refractivity (Wildman–Crippen MR) is 76.6 cm³/mol. The van der Waals surface area contributed by atoms with E-state index in [0.717, 1.165) is 4.90 Å². The summed E-state index contributed by atoms with van der Waals surface area (Å²) in [6.07, 6.45) is 0. The van der Waals surface area contributed by atoms with Crippen LogP contribution in [0.15, 0.2) is 39.8 Å². The first-order valence-electron chi connectivity index (χ1n) is 5.71. The molecule has 2 aromatic rings. The average molecular weight is 297 g/mol. The van der Waals surface area contributed by atoms with E-state index in [0.29, 0.717) is 16.6 Å². The Morgan fingerprint density at radius 1 is 1.42 bits per heavy atom. The van der Waals surface area contributed by atoms with Gasteiger partial charge in [0, 0.05) is 16.0 Å². The van der Waals surface area contributed by atoms with Gasteiger partial charge in [0.15, 0.2) is 5.82 Å². The number of rotatable bonds is 4. The van der Waals surface area contributed by atoms with Crippen molar-refractivity contribution < 1.29 is 9.32 Å². The van der Waals surface area contributed by atoms with E-state index in [4.69, 9.17) is 16.1 Å². The number of thioether (sulfide) groups is 1. The number of aryl methyl sites for hydroxylation is 1. The summed E-state index contributed by atoms with van der Waals surface area (Å²) in [4.78, 5) is 12.9. The summed E-state index contributed by atoms with van der Waals surface area (Å²) in [5.74, 6) is 0.979. The third-order valence-electron chi connectivity index (χ3n) is 2.37. The van der Waals surface area contributed by atoms with Crippen molar-refractivity contribution in [3.05, 3.63) is 41.1 Å². The van der Waals surface area contributed by atoms with E-state index in [1.807, 2.05) is 19.1 Å². The summed E-state index contributed by atoms with van der Waals surface area (Å²) in [6, 6.07) is 9.05. The number of anilines is 1. The molecule has 0 saturated carbocycles. The van der Waals surface area contributed by atoms with Gasteiger partial charge in [-0.3, -0.25) is 4.79 Å². The molecule has 6 heteroatoms. The number of aromatic nitrogens is 1. The van der Waals surface area contributed by atoms with Crippen LogP contribution in [0, 0.1) is 6.92 Å². The van der Waals surface area contributed by atoms with Gasteiger partial charge in [0.2, 0.25) is 5.91 Å². The number of nitrogens with zero attached hydrogens (tertiary/aromatic N) is 1. The van der Waals surface area contributed by atoms with Gasteiger partial charge in [0.25, 0.3) is 0 Å². The van der Waals surface area contributed by atoms with Crippen LogP contribution < -0.4 is 5.32 Å². The number of halogens is 1. The molecule has 0 radical (unpaired) electrons. The van der Waals surface area contributed by atoms with Crippen LogP contribution in [0.2, 0.25) is 5.02 Å². The Morgan fingerprint density at radius 3 is 2.68 bits per heavy atom. The molecule has 0 fully saturated rings. The molecule has 1 heterocycles. The second-order valence-corrected chi connectivity index (χ2v) is 5.88. The first kappa shape index (κ1) is 14.0. The molecule has 1 atom stereocenters. The maximum absolute atomic E-state index is 12.0. The number of benzene rings is 1. The Labute approximate surface area is 120 Å². The van der Waals surface area contributed by atoms with Crippen LogP contribution in [-0.2, 0) is 4.79 Å². The number of amides is 1. The minimum Gasteiger partial charge on any atom is -0.360 e. The van der Waals surface area contributed by atoms with Crippen molar-refractivity contribution in [3.8, 4) is 0 Å². The molecule has 1 amide bonds. The quantitative estimate of drug-likeness (QED) is 0.873. The van der Waals surface area contributed by atoms with E-state index in [-0.39, 0.29) is 11.2 Å². The molecule has 4 nitrogen and oxygen atoms in total. The summed E-state index contributed by atoms with van der Waals surface area (Å²) >= 11 is 7.27. The largest absolute Gasteiger partial charge is 0.360 e. The van der Waals surface area contributed by atoms with Gasteiger partial charge >= 0.3 is 0 Å². The van der Waals surface area contributed by atoms with Crippen LogP contribution in [-0.4, -0.2) is 16.3 Å². The molecule has 1 unspecified atom stereocenters. The first-order valence-corrected chi connectivity index (χ1v) is 6.97. The Morgan fingerprint density at radius 2 is 2.11 bits per heavy atom. The van der Waals surface area contributed by atoms with Crippen LogP contribution in [0.3, 0.4) is 0 Å². The lowest BCUT2D eigenvalue weighted by atomic mass is 10.4. The van der Waals surface area contributed by atoms with Gasteiger partial charge in [0.05, 0.1) is 5.25 Å². The number of hydrogen-bond acceptors (Lipinski definition) is 4. The van der Waals surface area contributed by atoms with Gasteiger partial charge in [-0.25, -0.2) is 0 Å². The SMILES string of the molecule is Cc1cc(NC(=O)C(C)Sc2ccc(Cl)cc2)no1. The Bertz CT molecular complexity index is 568. The average Bonchev–Trinajstić information content (AvgIpc) is 2.77. The minimum absolute atomic E-state index is 0.117. The van der Waals surface area contributed by atoms with Crippen molar-refractivity contribution in [1.82, 2.24) is 5.16 Å². The first-order chi connectivity index (χ1) is 9.04. The fourth-order valence-electron chi connectivity index (χ4n) is 1.42. The van der Waals surface area contributed by atoms with Gasteiger partial charge in [-0.15, -0.1) is 11.8 Å². The highest BCUT2D eigenvalue weighted by Crippen LogP contribution is 2.25. The van der Waals surface area contributed by atoms with Gasteiger partial charge in [0.1, 0.15) is 5.76 Å². The molecule has 100 valence electrons. The van der Waals surface area contributed by atoms with Crippen LogP contribution in [0.25, 0.3) is 0 Å². The molecule has 0 spiro atoms. The monoisotopic (exact) mass is 296 g/mol. The zero-order valence-corrected chi connectivity index (χ0v) is 12.1. The normalized spacial score (nSPS) is 12.2. The molecule has 1 aromatic heterocycles. The predicted octanol–water partition coefficient (Wildman–Crippen LogP) is 3.76. The molecule has 0 aliphatic heterocycles. The van der Waals surface area contributed by atoms with Gasteiger partial charge < -0.3 is 9.84 Å². The van der Waals surface area contributed by atoms with Crippen molar-refractivity contribution in [2.24, 2.45) is 0 Å². The lowest BCUT2D eigenvalue weighted by Gasteiger charge is -2.10. The fourth-order valence-corrected chi connectivity index (χ4v) is 2.42. The minimum atomic E-state index is -0.238. The zero-order valence-electron chi connectivity index (χ0n) is 10.5. The smallest absolute Gasteiger partial charge is 0.238 e. The van der Waals surface area contributed by atoms with Gasteiger partial charge in [-0.05, 0) is 38.1 Å². The van der Waals surface area contributed by atoms with E-state index >= 15 is 0 Å². The van der Waals surface area contributed by atoms with E-state index in [2.05, 4.69) is 10.5 Å². The van der Waals surface area contributed by atoms with E-state index in [1.54, 1.807) is 25.1 Å². The van der Waals surface area contributed by atoms with E-state index in [1.165, 1.54) is 11.8 Å². The van der Waals surface area contributed by atoms with Gasteiger partial charge in [-0.2, -0.15) is 0 Å². The third-order valence-corrected chi connectivity index (χ3v) is 3.74. The van der Waals surface area contributed by atoms with E-state index < -0.39 is 0 Å². The molecule has 1 N–H and O–H groups in total. The molecule has 0 saturated heterocycles. The summed E-state index contributed by atoms with van der Waals surface area (Å²) in [6.45, 7) is 3.61. The molecular weight excluding hydrogens is 284 g/mol. The van der Waals surface area contributed by atoms with Gasteiger partial charge in [-0.1, -0.05) is 16.8 Å². The van der Waals surface area contributed by atoms with E-state index in [9.17, 15) is 4.79 Å². The maximum Gasteiger partial charge on any atom is 0.238 e. The molecule has 1 aromatic carbocycles. The van der Waals surface area contributed by atoms with Crippen molar-refractivity contribution in [2.75, 3.05) is 5.32 Å². The van der Waals surface area contributed by atoms with Crippen molar-refractivity contribution in [1.29, 1.82) is 0 Å². The summed E-state index contributed by atoms with van der Waals surface area (Å²) in [7, 11) is 0. The molecule has 19 heavy (non-hydrogen) atoms. The zero-order chi connectivity index (χ0) is 13.8. The second kappa shape index (κ2) is 6.12. The summed E-state index contributed by atoms with van der Waals surface area (Å²) < 4.78 is 4.89. The molecular formula is C13H13ClN2O2S. The number of carbonyl (C=O) groups excluding carboxylic acids is 1. The van der Waals surface area contributed by atoms with Crippen LogP contribution >= 0.6 is 23.4 Å². The third kappa shape index (κ3) is 4.01. The second-order valence-electron chi connectivity index (χ2n) is 4.03. The molecule has 0 aliphatic carbocycles. The Hall–Kier alpha value is -1.46. The maximum atomic E-state index is 12.0. The highest BCUT2D eigenvalue weighted by molar-refractivity contribution is 8.00. The van der Waals surface area contributed by atoms with Crippen molar-refractivity contribution >= 4 is 35.1 Å².